The van der Waals surface area contributed by atoms with Crippen LogP contribution in [-0.4, -0.2) is 33.9 Å². The zero-order chi connectivity index (χ0) is 32.6. The van der Waals surface area contributed by atoms with E-state index in [-0.39, 0.29) is 30.3 Å². The van der Waals surface area contributed by atoms with Gasteiger partial charge in [-0.05, 0) is 76.3 Å². The normalized spacial score (nSPS) is 17.6. The van der Waals surface area contributed by atoms with Gasteiger partial charge < -0.3 is 25.0 Å². The second-order valence-corrected chi connectivity index (χ2v) is 12.5. The number of hydrogen-bond acceptors (Lipinski definition) is 6. The van der Waals surface area contributed by atoms with Gasteiger partial charge in [-0.15, -0.1) is 11.8 Å². The standard InChI is InChI=1S/C39H35NO6S/c41-24-26-12-14-28(15-13-26)36-22-34(25-47-35-18-16-30(17-19-35)38(43)44)45-39(46-36)33-11-5-10-32(21-33)31-9-4-6-27(20-31)23-40-37(42)29-7-2-1-3-8-29/h1-21,34,36,39,41H,22-25H2,(H,40,42)(H,43,44)/t34-,36+,39+/m0/s1. The summed E-state index contributed by atoms with van der Waals surface area (Å²) in [6.07, 6.45) is -0.326. The van der Waals surface area contributed by atoms with Crippen LogP contribution in [0.1, 0.15) is 61.8 Å². The van der Waals surface area contributed by atoms with Crippen LogP contribution in [0.15, 0.2) is 132 Å². The molecule has 0 aromatic heterocycles. The van der Waals surface area contributed by atoms with Crippen molar-refractivity contribution < 1.29 is 29.3 Å². The van der Waals surface area contributed by atoms with Gasteiger partial charge in [0.1, 0.15) is 0 Å². The molecule has 3 atom stereocenters. The number of thioether (sulfide) groups is 1. The van der Waals surface area contributed by atoms with Crippen LogP contribution in [-0.2, 0) is 22.6 Å². The minimum Gasteiger partial charge on any atom is -0.478 e. The molecule has 1 aliphatic rings. The van der Waals surface area contributed by atoms with Gasteiger partial charge in [-0.25, -0.2) is 4.79 Å². The summed E-state index contributed by atoms with van der Waals surface area (Å²) in [6.45, 7) is 0.385. The molecule has 7 nitrogen and oxygen atoms in total. The quantitative estimate of drug-likeness (QED) is 0.126. The molecule has 1 saturated heterocycles. The Morgan fingerprint density at radius 1 is 0.723 bits per heavy atom. The highest BCUT2D eigenvalue weighted by Crippen LogP contribution is 2.40. The van der Waals surface area contributed by atoms with Gasteiger partial charge >= 0.3 is 5.97 Å². The van der Waals surface area contributed by atoms with Crippen LogP contribution in [0.25, 0.3) is 11.1 Å². The SMILES string of the molecule is O=C(O)c1ccc(SC[C@@H]2C[C@H](c3ccc(CO)cc3)O[C@H](c3cccc(-c4cccc(CNC(=O)c5ccccc5)c4)c3)O2)cc1. The van der Waals surface area contributed by atoms with Gasteiger partial charge in [0.2, 0.25) is 0 Å². The Balaban J connectivity index is 1.19. The van der Waals surface area contributed by atoms with Crippen molar-refractivity contribution in [3.05, 3.63) is 161 Å². The van der Waals surface area contributed by atoms with E-state index in [9.17, 15) is 19.8 Å². The number of benzene rings is 5. The van der Waals surface area contributed by atoms with Gasteiger partial charge in [0, 0.05) is 34.7 Å². The molecule has 238 valence electrons. The molecule has 47 heavy (non-hydrogen) atoms. The lowest BCUT2D eigenvalue weighted by atomic mass is 9.99. The number of aromatic carboxylic acids is 1. The molecule has 1 aliphatic heterocycles. The molecule has 1 heterocycles. The lowest BCUT2D eigenvalue weighted by molar-refractivity contribution is -0.245. The first-order valence-electron chi connectivity index (χ1n) is 15.4. The van der Waals surface area contributed by atoms with Gasteiger partial charge in [-0.1, -0.05) is 78.9 Å². The maximum atomic E-state index is 12.6. The summed E-state index contributed by atoms with van der Waals surface area (Å²) in [5, 5.41) is 21.8. The number of hydrogen-bond donors (Lipinski definition) is 3. The Labute approximate surface area is 278 Å². The summed E-state index contributed by atoms with van der Waals surface area (Å²) in [7, 11) is 0. The topological polar surface area (TPSA) is 105 Å². The third kappa shape index (κ3) is 8.36. The largest absolute Gasteiger partial charge is 0.478 e. The van der Waals surface area contributed by atoms with Crippen molar-refractivity contribution in [3.8, 4) is 11.1 Å². The molecular weight excluding hydrogens is 610 g/mol. The number of carbonyl (C=O) groups excluding carboxylic acids is 1. The first-order valence-corrected chi connectivity index (χ1v) is 16.4. The van der Waals surface area contributed by atoms with Crippen molar-refractivity contribution in [2.45, 2.75) is 43.0 Å². The molecule has 5 aromatic rings. The smallest absolute Gasteiger partial charge is 0.335 e. The predicted octanol–water partition coefficient (Wildman–Crippen LogP) is 7.81. The highest BCUT2D eigenvalue weighted by Gasteiger charge is 2.32. The van der Waals surface area contributed by atoms with Gasteiger partial charge in [-0.2, -0.15) is 0 Å². The Bertz CT molecular complexity index is 1810. The number of aliphatic hydroxyl groups excluding tert-OH is 1. The van der Waals surface area contributed by atoms with E-state index in [4.69, 9.17) is 9.47 Å². The number of carboxylic acid groups (broad SMARTS) is 1. The van der Waals surface area contributed by atoms with Crippen molar-refractivity contribution in [1.29, 1.82) is 0 Å². The molecule has 0 bridgehead atoms. The van der Waals surface area contributed by atoms with Gasteiger partial charge in [-0.3, -0.25) is 4.79 Å². The third-order valence-corrected chi connectivity index (χ3v) is 9.20. The Hall–Kier alpha value is -4.73. The highest BCUT2D eigenvalue weighted by molar-refractivity contribution is 7.99. The van der Waals surface area contributed by atoms with Crippen LogP contribution in [0.3, 0.4) is 0 Å². The Morgan fingerprint density at radius 2 is 1.45 bits per heavy atom. The number of carbonyl (C=O) groups is 2. The molecule has 3 N–H and O–H groups in total. The maximum Gasteiger partial charge on any atom is 0.335 e. The van der Waals surface area contributed by atoms with Gasteiger partial charge in [0.15, 0.2) is 6.29 Å². The average Bonchev–Trinajstić information content (AvgIpc) is 3.13. The number of nitrogens with one attached hydrogen (secondary N) is 1. The van der Waals surface area contributed by atoms with Crippen molar-refractivity contribution in [3.63, 3.8) is 0 Å². The first-order chi connectivity index (χ1) is 22.9. The lowest BCUT2D eigenvalue weighted by Gasteiger charge is -2.36. The zero-order valence-electron chi connectivity index (χ0n) is 25.6. The van der Waals surface area contributed by atoms with Crippen molar-refractivity contribution in [2.24, 2.45) is 0 Å². The minimum absolute atomic E-state index is 0.0230. The maximum absolute atomic E-state index is 12.6. The van der Waals surface area contributed by atoms with Gasteiger partial charge in [0.25, 0.3) is 5.91 Å². The number of ether oxygens (including phenoxy) is 2. The van der Waals surface area contributed by atoms with E-state index >= 15 is 0 Å². The molecule has 5 aromatic carbocycles. The first kappa shape index (κ1) is 32.2. The van der Waals surface area contributed by atoms with Crippen LogP contribution < -0.4 is 5.32 Å². The fourth-order valence-electron chi connectivity index (χ4n) is 5.51. The van der Waals surface area contributed by atoms with Crippen LogP contribution in [0.2, 0.25) is 0 Å². The molecule has 8 heteroatoms. The average molecular weight is 646 g/mol. The number of aliphatic hydroxyl groups is 1. The molecule has 0 saturated carbocycles. The monoisotopic (exact) mass is 645 g/mol. The highest BCUT2D eigenvalue weighted by atomic mass is 32.2. The van der Waals surface area contributed by atoms with Crippen LogP contribution in [0.4, 0.5) is 0 Å². The third-order valence-electron chi connectivity index (χ3n) is 8.06. The van der Waals surface area contributed by atoms with E-state index in [1.807, 2.05) is 91.0 Å². The molecule has 0 radical (unpaired) electrons. The fraction of sp³-hybridized carbons (Fsp3) is 0.179. The van der Waals surface area contributed by atoms with Crippen molar-refractivity contribution in [2.75, 3.05) is 5.75 Å². The van der Waals surface area contributed by atoms with E-state index < -0.39 is 12.3 Å². The summed E-state index contributed by atoms with van der Waals surface area (Å²) in [4.78, 5) is 24.8. The number of carboxylic acids is 1. The zero-order valence-corrected chi connectivity index (χ0v) is 26.4. The number of rotatable bonds is 11. The molecule has 0 spiro atoms. The Morgan fingerprint density at radius 3 is 2.17 bits per heavy atom. The minimum atomic E-state index is -0.948. The van der Waals surface area contributed by atoms with Gasteiger partial charge in [0.05, 0.1) is 24.4 Å². The Kier molecular flexibility index (Phi) is 10.4. The van der Waals surface area contributed by atoms with E-state index in [1.54, 1.807) is 36.0 Å². The van der Waals surface area contributed by atoms with Crippen LogP contribution in [0.5, 0.6) is 0 Å². The molecule has 0 unspecified atom stereocenters. The van der Waals surface area contributed by atoms with Crippen LogP contribution in [0, 0.1) is 0 Å². The summed E-state index contributed by atoms with van der Waals surface area (Å²) in [5.41, 5.74) is 6.63. The molecule has 0 aliphatic carbocycles. The molecular formula is C39H35NO6S. The van der Waals surface area contributed by atoms with Crippen LogP contribution >= 0.6 is 11.8 Å². The number of amides is 1. The second kappa shape index (κ2) is 15.2. The molecule has 1 amide bonds. The fourth-order valence-corrected chi connectivity index (χ4v) is 6.43. The van der Waals surface area contributed by atoms with E-state index in [2.05, 4.69) is 17.4 Å². The van der Waals surface area contributed by atoms with E-state index in [0.717, 1.165) is 38.3 Å². The molecule has 6 rings (SSSR count). The summed E-state index contributed by atoms with van der Waals surface area (Å²) < 4.78 is 13.1. The summed E-state index contributed by atoms with van der Waals surface area (Å²) >= 11 is 1.62. The van der Waals surface area contributed by atoms with E-state index in [1.165, 1.54) is 0 Å². The molecule has 1 fully saturated rings. The predicted molar refractivity (Wildman–Crippen MR) is 182 cm³/mol. The summed E-state index contributed by atoms with van der Waals surface area (Å²) in [6, 6.07) is 40.1. The van der Waals surface area contributed by atoms with Crippen molar-refractivity contribution in [1.82, 2.24) is 5.32 Å². The summed E-state index contributed by atoms with van der Waals surface area (Å²) in [5.74, 6) is -0.403. The van der Waals surface area contributed by atoms with E-state index in [0.29, 0.717) is 24.3 Å². The lowest BCUT2D eigenvalue weighted by Crippen LogP contribution is -2.31. The van der Waals surface area contributed by atoms with Crippen molar-refractivity contribution >= 4 is 23.6 Å². The second-order valence-electron chi connectivity index (χ2n) is 11.4.